The highest BCUT2D eigenvalue weighted by Crippen LogP contribution is 2.36. The van der Waals surface area contributed by atoms with E-state index in [1.54, 1.807) is 0 Å². The van der Waals surface area contributed by atoms with E-state index in [9.17, 15) is 0 Å². The monoisotopic (exact) mass is 257 g/mol. The largest absolute Gasteiger partial charge is 0.328 e. The van der Waals surface area contributed by atoms with Gasteiger partial charge in [-0.1, -0.05) is 32.4 Å². The first-order chi connectivity index (χ1) is 7.43. The second kappa shape index (κ2) is 5.95. The number of thioether (sulfide) groups is 1. The summed E-state index contributed by atoms with van der Waals surface area (Å²) in [7, 11) is 0. The van der Waals surface area contributed by atoms with Gasteiger partial charge in [-0.05, 0) is 37.1 Å². The van der Waals surface area contributed by atoms with Crippen LogP contribution in [0.4, 0.5) is 0 Å². The SMILES string of the molecule is CCC(N)CC(C)(C)Sc1ccc(Cl)cc1. The second-order valence-corrected chi connectivity index (χ2v) is 6.91. The lowest BCUT2D eigenvalue weighted by atomic mass is 10.0. The van der Waals surface area contributed by atoms with E-state index in [0.29, 0.717) is 0 Å². The molecule has 0 radical (unpaired) electrons. The van der Waals surface area contributed by atoms with Gasteiger partial charge in [-0.3, -0.25) is 0 Å². The Kier molecular flexibility index (Phi) is 5.16. The molecule has 16 heavy (non-hydrogen) atoms. The molecule has 90 valence electrons. The third kappa shape index (κ3) is 4.77. The third-order valence-corrected chi connectivity index (χ3v) is 3.97. The maximum atomic E-state index is 6.00. The molecule has 0 spiro atoms. The van der Waals surface area contributed by atoms with Crippen LogP contribution in [0, 0.1) is 0 Å². The van der Waals surface area contributed by atoms with E-state index in [4.69, 9.17) is 17.3 Å². The molecular weight excluding hydrogens is 238 g/mol. The summed E-state index contributed by atoms with van der Waals surface area (Å²) in [6.45, 7) is 6.61. The molecular formula is C13H20ClNS. The van der Waals surface area contributed by atoms with Crippen molar-refractivity contribution in [3.05, 3.63) is 29.3 Å². The van der Waals surface area contributed by atoms with E-state index in [2.05, 4.69) is 32.9 Å². The van der Waals surface area contributed by atoms with Gasteiger partial charge in [0.05, 0.1) is 0 Å². The molecule has 1 rings (SSSR count). The van der Waals surface area contributed by atoms with E-state index >= 15 is 0 Å². The Morgan fingerprint density at radius 3 is 2.38 bits per heavy atom. The second-order valence-electron chi connectivity index (χ2n) is 4.69. The normalized spacial score (nSPS) is 13.8. The van der Waals surface area contributed by atoms with Gasteiger partial charge in [-0.25, -0.2) is 0 Å². The van der Waals surface area contributed by atoms with Crippen LogP contribution in [0.3, 0.4) is 0 Å². The third-order valence-electron chi connectivity index (χ3n) is 2.49. The maximum Gasteiger partial charge on any atom is 0.0406 e. The Morgan fingerprint density at radius 1 is 1.31 bits per heavy atom. The van der Waals surface area contributed by atoms with Gasteiger partial charge in [0.25, 0.3) is 0 Å². The van der Waals surface area contributed by atoms with Crippen molar-refractivity contribution in [1.29, 1.82) is 0 Å². The Hall–Kier alpha value is -0.180. The zero-order chi connectivity index (χ0) is 12.2. The summed E-state index contributed by atoms with van der Waals surface area (Å²) in [6, 6.07) is 8.27. The standard InChI is InChI=1S/C13H20ClNS/c1-4-11(15)9-13(2,3)16-12-7-5-10(14)6-8-12/h5-8,11H,4,9,15H2,1-3H3. The van der Waals surface area contributed by atoms with E-state index in [-0.39, 0.29) is 10.8 Å². The molecule has 0 saturated heterocycles. The molecule has 0 saturated carbocycles. The molecule has 0 aliphatic carbocycles. The number of hydrogen-bond acceptors (Lipinski definition) is 2. The van der Waals surface area contributed by atoms with E-state index in [0.717, 1.165) is 17.9 Å². The summed E-state index contributed by atoms with van der Waals surface area (Å²) in [5.74, 6) is 0. The zero-order valence-electron chi connectivity index (χ0n) is 10.2. The number of rotatable bonds is 5. The quantitative estimate of drug-likeness (QED) is 0.795. The number of benzene rings is 1. The summed E-state index contributed by atoms with van der Waals surface area (Å²) in [5, 5.41) is 0.785. The molecule has 3 heteroatoms. The van der Waals surface area contributed by atoms with Crippen molar-refractivity contribution < 1.29 is 0 Å². The summed E-state index contributed by atoms with van der Waals surface area (Å²) in [6.07, 6.45) is 2.06. The molecule has 0 aliphatic rings. The number of nitrogens with two attached hydrogens (primary N) is 1. The summed E-state index contributed by atoms with van der Waals surface area (Å²) < 4.78 is 0.170. The Bertz CT molecular complexity index is 321. The molecule has 1 nitrogen and oxygen atoms in total. The fourth-order valence-corrected chi connectivity index (χ4v) is 2.97. The predicted molar refractivity (Wildman–Crippen MR) is 74.3 cm³/mol. The van der Waals surface area contributed by atoms with Gasteiger partial charge >= 0.3 is 0 Å². The minimum atomic E-state index is 0.170. The van der Waals surface area contributed by atoms with E-state index in [1.165, 1.54) is 4.90 Å². The van der Waals surface area contributed by atoms with Crippen molar-refractivity contribution in [3.63, 3.8) is 0 Å². The van der Waals surface area contributed by atoms with Crippen molar-refractivity contribution in [3.8, 4) is 0 Å². The fraction of sp³-hybridized carbons (Fsp3) is 0.538. The van der Waals surface area contributed by atoms with Crippen LogP contribution in [-0.4, -0.2) is 10.8 Å². The lowest BCUT2D eigenvalue weighted by Gasteiger charge is -2.27. The van der Waals surface area contributed by atoms with Gasteiger partial charge < -0.3 is 5.73 Å². The maximum absolute atomic E-state index is 6.00. The molecule has 2 N–H and O–H groups in total. The van der Waals surface area contributed by atoms with Crippen LogP contribution in [-0.2, 0) is 0 Å². The van der Waals surface area contributed by atoms with Crippen LogP contribution in [0.5, 0.6) is 0 Å². The Morgan fingerprint density at radius 2 is 1.88 bits per heavy atom. The van der Waals surface area contributed by atoms with Crippen LogP contribution in [0.1, 0.15) is 33.6 Å². The van der Waals surface area contributed by atoms with Crippen LogP contribution in [0.15, 0.2) is 29.2 Å². The molecule has 0 heterocycles. The first-order valence-electron chi connectivity index (χ1n) is 5.63. The van der Waals surface area contributed by atoms with Crippen molar-refractivity contribution in [2.45, 2.75) is 49.3 Å². The smallest absolute Gasteiger partial charge is 0.0406 e. The molecule has 0 aromatic heterocycles. The lowest BCUT2D eigenvalue weighted by Crippen LogP contribution is -2.29. The van der Waals surface area contributed by atoms with Gasteiger partial charge in [0.15, 0.2) is 0 Å². The minimum Gasteiger partial charge on any atom is -0.328 e. The molecule has 1 aromatic rings. The topological polar surface area (TPSA) is 26.0 Å². The first-order valence-corrected chi connectivity index (χ1v) is 6.82. The van der Waals surface area contributed by atoms with Gasteiger partial charge in [-0.15, -0.1) is 11.8 Å². The highest BCUT2D eigenvalue weighted by Gasteiger charge is 2.21. The van der Waals surface area contributed by atoms with Gasteiger partial charge in [0, 0.05) is 20.7 Å². The van der Waals surface area contributed by atoms with Gasteiger partial charge in [0.2, 0.25) is 0 Å². The van der Waals surface area contributed by atoms with Crippen LogP contribution in [0.25, 0.3) is 0 Å². The average molecular weight is 258 g/mol. The molecule has 0 fully saturated rings. The molecule has 0 aliphatic heterocycles. The van der Waals surface area contributed by atoms with Crippen LogP contribution >= 0.6 is 23.4 Å². The number of hydrogen-bond donors (Lipinski definition) is 1. The molecule has 0 amide bonds. The summed E-state index contributed by atoms with van der Waals surface area (Å²) in [5.41, 5.74) is 6.00. The van der Waals surface area contributed by atoms with Crippen molar-refractivity contribution in [2.75, 3.05) is 0 Å². The first kappa shape index (κ1) is 13.9. The highest BCUT2D eigenvalue weighted by molar-refractivity contribution is 8.00. The average Bonchev–Trinajstić information content (AvgIpc) is 2.20. The molecule has 1 aromatic carbocycles. The predicted octanol–water partition coefficient (Wildman–Crippen LogP) is 4.34. The zero-order valence-corrected chi connectivity index (χ0v) is 11.7. The van der Waals surface area contributed by atoms with Crippen LogP contribution < -0.4 is 5.73 Å². The van der Waals surface area contributed by atoms with E-state index in [1.807, 2.05) is 23.9 Å². The van der Waals surface area contributed by atoms with Crippen molar-refractivity contribution in [2.24, 2.45) is 5.73 Å². The van der Waals surface area contributed by atoms with Crippen molar-refractivity contribution >= 4 is 23.4 Å². The summed E-state index contributed by atoms with van der Waals surface area (Å²) in [4.78, 5) is 1.25. The Labute approximate surface area is 108 Å². The summed E-state index contributed by atoms with van der Waals surface area (Å²) >= 11 is 7.72. The molecule has 1 atom stereocenters. The molecule has 0 bridgehead atoms. The fourth-order valence-electron chi connectivity index (χ4n) is 1.64. The van der Waals surface area contributed by atoms with E-state index < -0.39 is 0 Å². The van der Waals surface area contributed by atoms with Gasteiger partial charge in [0.1, 0.15) is 0 Å². The minimum absolute atomic E-state index is 0.170. The van der Waals surface area contributed by atoms with Gasteiger partial charge in [-0.2, -0.15) is 0 Å². The van der Waals surface area contributed by atoms with Crippen LogP contribution in [0.2, 0.25) is 5.02 Å². The molecule has 1 unspecified atom stereocenters. The lowest BCUT2D eigenvalue weighted by molar-refractivity contribution is 0.519. The number of halogens is 1. The van der Waals surface area contributed by atoms with Crippen molar-refractivity contribution in [1.82, 2.24) is 0 Å². The highest BCUT2D eigenvalue weighted by atomic mass is 35.5. The Balaban J connectivity index is 2.61.